The Kier molecular flexibility index (Phi) is 8.88. The molecule has 1 N–H and O–H groups in total. The van der Waals surface area contributed by atoms with Crippen molar-refractivity contribution in [2.75, 3.05) is 49.1 Å². The van der Waals surface area contributed by atoms with Gasteiger partial charge in [-0.15, -0.1) is 0 Å². The Morgan fingerprint density at radius 1 is 0.909 bits per heavy atom. The third kappa shape index (κ3) is 5.84. The summed E-state index contributed by atoms with van der Waals surface area (Å²) in [5.41, 5.74) is 2.81. The van der Waals surface area contributed by atoms with Crippen LogP contribution >= 0.6 is 0 Å². The zero-order valence-corrected chi connectivity index (χ0v) is 20.1. The van der Waals surface area contributed by atoms with Crippen molar-refractivity contribution in [3.05, 3.63) is 35.9 Å². The van der Waals surface area contributed by atoms with Crippen molar-refractivity contribution in [1.29, 1.82) is 0 Å². The molecule has 0 bridgehead atoms. The molecule has 0 saturated heterocycles. The van der Waals surface area contributed by atoms with Crippen molar-refractivity contribution < 1.29 is 36.9 Å². The van der Waals surface area contributed by atoms with Gasteiger partial charge in [0.25, 0.3) is 5.91 Å². The van der Waals surface area contributed by atoms with Crippen LogP contribution in [-0.2, 0) is 14.8 Å². The van der Waals surface area contributed by atoms with Gasteiger partial charge in [-0.3, -0.25) is 4.79 Å². The first-order valence-corrected chi connectivity index (χ1v) is 11.0. The molecule has 0 aliphatic heterocycles. The number of carbonyl (C=O) groups excluding carboxylic acids is 1. The maximum atomic E-state index is 12.8. The summed E-state index contributed by atoms with van der Waals surface area (Å²) in [4.78, 5) is 12.2. The predicted octanol–water partition coefficient (Wildman–Crippen LogP) is 1.50. The summed E-state index contributed by atoms with van der Waals surface area (Å²) in [5.74, 6) is 1.20. The third-order valence-corrected chi connectivity index (χ3v) is 6.36. The molecule has 1 amide bonds. The van der Waals surface area contributed by atoms with Crippen LogP contribution in [0, 0.1) is 0 Å². The van der Waals surface area contributed by atoms with Gasteiger partial charge in [0, 0.05) is 18.7 Å². The Morgan fingerprint density at radius 2 is 1.52 bits per heavy atom. The standard InChI is InChI=1S/C21H27N3O8S/c1-24(33(26,27)15-8-10-16(28-2)18(11-15)30-4)13-19(25)23-22-12-14-7-9-17(29-3)21(32-6)20(14)31-5/h7-12H,13H2,1-6H3,(H,23,25)/b22-12-. The van der Waals surface area contributed by atoms with Gasteiger partial charge in [-0.05, 0) is 24.3 Å². The number of ether oxygens (including phenoxy) is 5. The fourth-order valence-electron chi connectivity index (χ4n) is 2.88. The highest BCUT2D eigenvalue weighted by Crippen LogP contribution is 2.39. The number of sulfonamides is 1. The van der Waals surface area contributed by atoms with E-state index in [0.717, 1.165) is 4.31 Å². The lowest BCUT2D eigenvalue weighted by Crippen LogP contribution is -2.36. The van der Waals surface area contributed by atoms with E-state index < -0.39 is 22.5 Å². The molecule has 0 fully saturated rings. The zero-order chi connectivity index (χ0) is 24.6. The minimum absolute atomic E-state index is 0.0472. The van der Waals surface area contributed by atoms with E-state index in [-0.39, 0.29) is 10.6 Å². The lowest BCUT2D eigenvalue weighted by molar-refractivity contribution is -0.121. The van der Waals surface area contributed by atoms with E-state index in [1.165, 1.54) is 67.0 Å². The number of nitrogens with zero attached hydrogens (tertiary/aromatic N) is 2. The van der Waals surface area contributed by atoms with Gasteiger partial charge < -0.3 is 23.7 Å². The number of likely N-dealkylation sites (N-methyl/N-ethyl adjacent to an activating group) is 1. The van der Waals surface area contributed by atoms with Crippen LogP contribution in [0.25, 0.3) is 0 Å². The number of benzene rings is 2. The van der Waals surface area contributed by atoms with Gasteiger partial charge in [0.15, 0.2) is 23.0 Å². The van der Waals surface area contributed by atoms with E-state index in [1.807, 2.05) is 0 Å². The molecular weight excluding hydrogens is 454 g/mol. The number of hydrogen-bond acceptors (Lipinski definition) is 9. The summed E-state index contributed by atoms with van der Waals surface area (Å²) in [6.45, 7) is -0.461. The van der Waals surface area contributed by atoms with Crippen LogP contribution in [0.5, 0.6) is 28.7 Å². The molecule has 2 rings (SSSR count). The third-order valence-electron chi connectivity index (χ3n) is 4.56. The molecule has 12 heteroatoms. The lowest BCUT2D eigenvalue weighted by Gasteiger charge is -2.17. The highest BCUT2D eigenvalue weighted by atomic mass is 32.2. The van der Waals surface area contributed by atoms with E-state index in [2.05, 4.69) is 10.5 Å². The topological polar surface area (TPSA) is 125 Å². The Bertz CT molecular complexity index is 1120. The van der Waals surface area contributed by atoms with Crippen molar-refractivity contribution in [2.24, 2.45) is 5.10 Å². The predicted molar refractivity (Wildman–Crippen MR) is 121 cm³/mol. The number of rotatable bonds is 11. The Labute approximate surface area is 192 Å². The molecule has 180 valence electrons. The first kappa shape index (κ1) is 25.7. The summed E-state index contributed by atoms with van der Waals surface area (Å²) in [6, 6.07) is 7.49. The molecule has 0 heterocycles. The summed E-state index contributed by atoms with van der Waals surface area (Å²) >= 11 is 0. The first-order valence-electron chi connectivity index (χ1n) is 9.52. The first-order chi connectivity index (χ1) is 15.7. The van der Waals surface area contributed by atoms with E-state index in [4.69, 9.17) is 23.7 Å². The zero-order valence-electron chi connectivity index (χ0n) is 19.2. The number of carbonyl (C=O) groups is 1. The van der Waals surface area contributed by atoms with E-state index >= 15 is 0 Å². The highest BCUT2D eigenvalue weighted by Gasteiger charge is 2.24. The molecule has 0 spiro atoms. The van der Waals surface area contributed by atoms with Gasteiger partial charge in [0.1, 0.15) is 0 Å². The quantitative estimate of drug-likeness (QED) is 0.378. The van der Waals surface area contributed by atoms with Crippen LogP contribution < -0.4 is 29.1 Å². The molecule has 0 unspecified atom stereocenters. The maximum absolute atomic E-state index is 12.8. The molecule has 11 nitrogen and oxygen atoms in total. The van der Waals surface area contributed by atoms with Crippen molar-refractivity contribution in [3.8, 4) is 28.7 Å². The number of hydrogen-bond donors (Lipinski definition) is 1. The second kappa shape index (κ2) is 11.4. The summed E-state index contributed by atoms with van der Waals surface area (Å²) in [7, 11) is 4.59. The van der Waals surface area contributed by atoms with E-state index in [9.17, 15) is 13.2 Å². The molecule has 0 radical (unpaired) electrons. The fourth-order valence-corrected chi connectivity index (χ4v) is 4.02. The Hall–Kier alpha value is -3.51. The number of nitrogens with one attached hydrogen (secondary N) is 1. The van der Waals surface area contributed by atoms with Crippen LogP contribution in [0.4, 0.5) is 0 Å². The molecule has 0 aliphatic rings. The Morgan fingerprint density at radius 3 is 2.09 bits per heavy atom. The van der Waals surface area contributed by atoms with Crippen LogP contribution in [0.3, 0.4) is 0 Å². The van der Waals surface area contributed by atoms with Crippen molar-refractivity contribution in [1.82, 2.24) is 9.73 Å². The second-order valence-corrected chi connectivity index (χ2v) is 8.54. The lowest BCUT2D eigenvalue weighted by atomic mass is 10.2. The number of amides is 1. The Balaban J connectivity index is 2.11. The monoisotopic (exact) mass is 481 g/mol. The van der Waals surface area contributed by atoms with Crippen molar-refractivity contribution in [2.45, 2.75) is 4.90 Å². The molecular formula is C21H27N3O8S. The van der Waals surface area contributed by atoms with Gasteiger partial charge in [-0.25, -0.2) is 13.8 Å². The highest BCUT2D eigenvalue weighted by molar-refractivity contribution is 7.89. The SMILES string of the molecule is COc1ccc(S(=O)(=O)N(C)CC(=O)N/N=C\c2ccc(OC)c(OC)c2OC)cc1OC. The van der Waals surface area contributed by atoms with Crippen LogP contribution in [0.2, 0.25) is 0 Å². The molecule has 33 heavy (non-hydrogen) atoms. The summed E-state index contributed by atoms with van der Waals surface area (Å²) in [5, 5.41) is 3.88. The smallest absolute Gasteiger partial charge is 0.255 e. The number of methoxy groups -OCH3 is 5. The van der Waals surface area contributed by atoms with Gasteiger partial charge in [0.05, 0.1) is 53.2 Å². The summed E-state index contributed by atoms with van der Waals surface area (Å²) in [6.07, 6.45) is 1.35. The van der Waals surface area contributed by atoms with Gasteiger partial charge in [0.2, 0.25) is 15.8 Å². The molecule has 0 aliphatic carbocycles. The van der Waals surface area contributed by atoms with Crippen LogP contribution in [-0.4, -0.2) is 74.0 Å². The average molecular weight is 482 g/mol. The molecule has 0 atom stereocenters. The number of hydrazone groups is 1. The van der Waals surface area contributed by atoms with E-state index in [0.29, 0.717) is 28.6 Å². The van der Waals surface area contributed by atoms with Crippen LogP contribution in [0.1, 0.15) is 5.56 Å². The molecule has 0 aromatic heterocycles. The maximum Gasteiger partial charge on any atom is 0.255 e. The minimum Gasteiger partial charge on any atom is -0.493 e. The largest absolute Gasteiger partial charge is 0.493 e. The molecule has 0 saturated carbocycles. The van der Waals surface area contributed by atoms with Crippen molar-refractivity contribution >= 4 is 22.1 Å². The average Bonchev–Trinajstić information content (AvgIpc) is 2.82. The van der Waals surface area contributed by atoms with Crippen LogP contribution in [0.15, 0.2) is 40.3 Å². The van der Waals surface area contributed by atoms with Gasteiger partial charge in [-0.1, -0.05) is 0 Å². The normalized spacial score (nSPS) is 11.4. The fraction of sp³-hybridized carbons (Fsp3) is 0.333. The van der Waals surface area contributed by atoms with Gasteiger partial charge in [-0.2, -0.15) is 9.41 Å². The van der Waals surface area contributed by atoms with Gasteiger partial charge >= 0.3 is 0 Å². The minimum atomic E-state index is -3.96. The molecule has 2 aromatic carbocycles. The second-order valence-electron chi connectivity index (χ2n) is 6.49. The van der Waals surface area contributed by atoms with E-state index in [1.54, 1.807) is 12.1 Å². The molecule has 2 aromatic rings. The van der Waals surface area contributed by atoms with Crippen molar-refractivity contribution in [3.63, 3.8) is 0 Å². The summed E-state index contributed by atoms with van der Waals surface area (Å²) < 4.78 is 52.7.